The lowest BCUT2D eigenvalue weighted by Crippen LogP contribution is -2.39. The van der Waals surface area contributed by atoms with Gasteiger partial charge in [0.15, 0.2) is 0 Å². The highest BCUT2D eigenvalue weighted by atomic mass is 32.1. The smallest absolute Gasteiger partial charge is 0.142 e. The zero-order chi connectivity index (χ0) is 11.0. The van der Waals surface area contributed by atoms with Crippen molar-refractivity contribution in [1.29, 1.82) is 0 Å². The Hall–Kier alpha value is -1.26. The minimum atomic E-state index is 0.662. The van der Waals surface area contributed by atoms with Gasteiger partial charge in [0, 0.05) is 30.1 Å². The Kier molecular flexibility index (Phi) is 2.46. The molecule has 1 N–H and O–H groups in total. The van der Waals surface area contributed by atoms with Crippen molar-refractivity contribution in [2.75, 3.05) is 13.1 Å². The van der Waals surface area contributed by atoms with Gasteiger partial charge < -0.3 is 5.32 Å². The molecule has 0 saturated carbocycles. The second-order valence-electron chi connectivity index (χ2n) is 4.04. The van der Waals surface area contributed by atoms with Gasteiger partial charge in [-0.2, -0.15) is 0 Å². The predicted octanol–water partition coefficient (Wildman–Crippen LogP) is 2.20. The fourth-order valence-electron chi connectivity index (χ4n) is 1.86. The van der Waals surface area contributed by atoms with E-state index in [0.717, 1.165) is 29.5 Å². The summed E-state index contributed by atoms with van der Waals surface area (Å²) in [6.45, 7) is 4.27. The van der Waals surface area contributed by atoms with Crippen LogP contribution >= 0.6 is 11.3 Å². The molecule has 4 heteroatoms. The topological polar surface area (TPSA) is 37.8 Å². The van der Waals surface area contributed by atoms with Crippen molar-refractivity contribution >= 4 is 11.3 Å². The second kappa shape index (κ2) is 3.96. The molecule has 2 aromatic heterocycles. The van der Waals surface area contributed by atoms with E-state index in [4.69, 9.17) is 0 Å². The van der Waals surface area contributed by atoms with Gasteiger partial charge in [-0.15, -0.1) is 11.3 Å². The van der Waals surface area contributed by atoms with Crippen molar-refractivity contribution in [2.24, 2.45) is 0 Å². The third kappa shape index (κ3) is 1.64. The van der Waals surface area contributed by atoms with Crippen molar-refractivity contribution in [3.05, 3.63) is 35.0 Å². The number of thiazole rings is 1. The Morgan fingerprint density at radius 3 is 2.88 bits per heavy atom. The Labute approximate surface area is 98.6 Å². The second-order valence-corrected chi connectivity index (χ2v) is 5.07. The molecule has 1 saturated heterocycles. The van der Waals surface area contributed by atoms with Crippen LogP contribution in [-0.2, 0) is 0 Å². The number of pyridine rings is 1. The van der Waals surface area contributed by atoms with E-state index in [1.165, 1.54) is 4.88 Å². The van der Waals surface area contributed by atoms with Crippen molar-refractivity contribution in [3.8, 4) is 10.7 Å². The van der Waals surface area contributed by atoms with Gasteiger partial charge in [0.2, 0.25) is 0 Å². The van der Waals surface area contributed by atoms with Crippen molar-refractivity contribution in [3.63, 3.8) is 0 Å². The van der Waals surface area contributed by atoms with E-state index in [-0.39, 0.29) is 0 Å². The average molecular weight is 231 g/mol. The van der Waals surface area contributed by atoms with Crippen LogP contribution in [0.1, 0.15) is 16.5 Å². The number of nitrogens with one attached hydrogen (secondary N) is 1. The molecule has 16 heavy (non-hydrogen) atoms. The van der Waals surface area contributed by atoms with Crippen LogP contribution in [0.2, 0.25) is 0 Å². The molecule has 0 bridgehead atoms. The summed E-state index contributed by atoms with van der Waals surface area (Å²) >= 11 is 1.78. The maximum Gasteiger partial charge on any atom is 0.142 e. The number of hydrogen-bond acceptors (Lipinski definition) is 4. The number of hydrogen-bond donors (Lipinski definition) is 1. The molecular formula is C12H13N3S. The van der Waals surface area contributed by atoms with Crippen LogP contribution in [0.5, 0.6) is 0 Å². The van der Waals surface area contributed by atoms with Crippen LogP contribution in [0.4, 0.5) is 0 Å². The fourth-order valence-corrected chi connectivity index (χ4v) is 3.00. The molecule has 2 aromatic rings. The van der Waals surface area contributed by atoms with Crippen LogP contribution in [0.25, 0.3) is 10.7 Å². The molecule has 0 radical (unpaired) electrons. The Bertz CT molecular complexity index is 488. The maximum atomic E-state index is 4.61. The van der Waals surface area contributed by atoms with Crippen LogP contribution in [0, 0.1) is 6.92 Å². The van der Waals surface area contributed by atoms with Gasteiger partial charge in [0.25, 0.3) is 0 Å². The summed E-state index contributed by atoms with van der Waals surface area (Å²) in [6, 6.07) is 5.95. The van der Waals surface area contributed by atoms with Gasteiger partial charge in [-0.25, -0.2) is 4.98 Å². The zero-order valence-corrected chi connectivity index (χ0v) is 9.92. The number of rotatable bonds is 2. The van der Waals surface area contributed by atoms with E-state index in [1.54, 1.807) is 11.3 Å². The van der Waals surface area contributed by atoms with Gasteiger partial charge >= 0.3 is 0 Å². The largest absolute Gasteiger partial charge is 0.315 e. The third-order valence-electron chi connectivity index (χ3n) is 2.87. The lowest BCUT2D eigenvalue weighted by atomic mass is 10.0. The summed E-state index contributed by atoms with van der Waals surface area (Å²) < 4.78 is 0. The van der Waals surface area contributed by atoms with Gasteiger partial charge in [0.1, 0.15) is 5.01 Å². The molecule has 3 rings (SSSR count). The number of nitrogens with zero attached hydrogens (tertiary/aromatic N) is 2. The standard InChI is InChI=1S/C12H13N3S/c1-8-11(9-6-13-7-9)16-12(15-8)10-4-2-3-5-14-10/h2-5,9,13H,6-7H2,1H3. The molecule has 0 aromatic carbocycles. The third-order valence-corrected chi connectivity index (χ3v) is 4.21. The highest BCUT2D eigenvalue weighted by molar-refractivity contribution is 7.15. The summed E-state index contributed by atoms with van der Waals surface area (Å²) in [5.41, 5.74) is 2.14. The van der Waals surface area contributed by atoms with Crippen molar-refractivity contribution in [1.82, 2.24) is 15.3 Å². The first-order valence-corrected chi connectivity index (χ1v) is 6.25. The number of aryl methyl sites for hydroxylation is 1. The first-order valence-electron chi connectivity index (χ1n) is 5.44. The summed E-state index contributed by atoms with van der Waals surface area (Å²) in [7, 11) is 0. The van der Waals surface area contributed by atoms with Gasteiger partial charge in [-0.3, -0.25) is 4.98 Å². The summed E-state index contributed by atoms with van der Waals surface area (Å²) in [5.74, 6) is 0.662. The minimum Gasteiger partial charge on any atom is -0.315 e. The SMILES string of the molecule is Cc1nc(-c2ccccn2)sc1C1CNC1. The fraction of sp³-hybridized carbons (Fsp3) is 0.333. The Morgan fingerprint density at radius 1 is 1.38 bits per heavy atom. The van der Waals surface area contributed by atoms with E-state index in [9.17, 15) is 0 Å². The first-order chi connectivity index (χ1) is 7.84. The van der Waals surface area contributed by atoms with Crippen LogP contribution in [0.15, 0.2) is 24.4 Å². The average Bonchev–Trinajstić information content (AvgIpc) is 2.60. The molecule has 0 unspecified atom stereocenters. The molecule has 3 heterocycles. The summed E-state index contributed by atoms with van der Waals surface area (Å²) in [5, 5.41) is 4.34. The molecule has 0 atom stereocenters. The lowest BCUT2D eigenvalue weighted by molar-refractivity contribution is 0.452. The molecular weight excluding hydrogens is 218 g/mol. The Morgan fingerprint density at radius 2 is 2.25 bits per heavy atom. The van der Waals surface area contributed by atoms with Crippen LogP contribution < -0.4 is 5.32 Å². The summed E-state index contributed by atoms with van der Waals surface area (Å²) in [4.78, 5) is 10.4. The molecule has 1 fully saturated rings. The molecule has 1 aliphatic rings. The highest BCUT2D eigenvalue weighted by Crippen LogP contribution is 2.33. The predicted molar refractivity (Wildman–Crippen MR) is 65.7 cm³/mol. The normalized spacial score (nSPS) is 16.1. The Balaban J connectivity index is 1.97. The first kappa shape index (κ1) is 9.93. The van der Waals surface area contributed by atoms with E-state index in [2.05, 4.69) is 22.2 Å². The maximum absolute atomic E-state index is 4.61. The van der Waals surface area contributed by atoms with E-state index in [1.807, 2.05) is 24.4 Å². The molecule has 0 spiro atoms. The minimum absolute atomic E-state index is 0.662. The van der Waals surface area contributed by atoms with E-state index in [0.29, 0.717) is 5.92 Å². The van der Waals surface area contributed by atoms with E-state index >= 15 is 0 Å². The molecule has 82 valence electrons. The van der Waals surface area contributed by atoms with Crippen LogP contribution in [-0.4, -0.2) is 23.1 Å². The van der Waals surface area contributed by atoms with Crippen molar-refractivity contribution in [2.45, 2.75) is 12.8 Å². The molecule has 0 amide bonds. The quantitative estimate of drug-likeness (QED) is 0.861. The lowest BCUT2D eigenvalue weighted by Gasteiger charge is -2.26. The van der Waals surface area contributed by atoms with Crippen molar-refractivity contribution < 1.29 is 0 Å². The number of aromatic nitrogens is 2. The summed E-state index contributed by atoms with van der Waals surface area (Å²) in [6.07, 6.45) is 1.82. The van der Waals surface area contributed by atoms with Gasteiger partial charge in [-0.1, -0.05) is 6.07 Å². The highest BCUT2D eigenvalue weighted by Gasteiger charge is 2.24. The molecule has 1 aliphatic heterocycles. The van der Waals surface area contributed by atoms with E-state index < -0.39 is 0 Å². The van der Waals surface area contributed by atoms with Gasteiger partial charge in [-0.05, 0) is 19.1 Å². The van der Waals surface area contributed by atoms with Crippen LogP contribution in [0.3, 0.4) is 0 Å². The zero-order valence-electron chi connectivity index (χ0n) is 9.10. The monoisotopic (exact) mass is 231 g/mol. The van der Waals surface area contributed by atoms with Gasteiger partial charge in [0.05, 0.1) is 11.4 Å². The molecule has 0 aliphatic carbocycles. The molecule has 3 nitrogen and oxygen atoms in total.